The molecule has 6 heterocycles. The third kappa shape index (κ3) is 10.5. The van der Waals surface area contributed by atoms with E-state index in [0.29, 0.717) is 32.9 Å². The molecular formula is C42H41Cl4N6O6PS2. The first-order chi connectivity index (χ1) is 29.1. The SMILES string of the molecule is CCCc1nc(Cl)c2sc3nc(-c4ccc(OC)c(OC)c4)cc(C)c3c2n1.CCCc1nc2c(sc3nc(-c4ccc(OC)c(OC)c4)cc(C)c32)c(=O)[nH]1.O=P(Cl)(Cl)Cl. The predicted molar refractivity (Wildman–Crippen MR) is 253 cm³/mol. The minimum atomic E-state index is -3.22. The van der Waals surface area contributed by atoms with Crippen LogP contribution in [0.2, 0.25) is 5.15 Å². The highest BCUT2D eigenvalue weighted by Gasteiger charge is 2.19. The molecule has 0 unspecified atom stereocenters. The van der Waals surface area contributed by atoms with Crippen molar-refractivity contribution in [1.29, 1.82) is 0 Å². The maximum atomic E-state index is 12.5. The quantitative estimate of drug-likeness (QED) is 0.103. The molecule has 0 aliphatic rings. The van der Waals surface area contributed by atoms with Crippen LogP contribution in [0.25, 0.3) is 63.4 Å². The van der Waals surface area contributed by atoms with Gasteiger partial charge in [-0.1, -0.05) is 25.4 Å². The lowest BCUT2D eigenvalue weighted by Gasteiger charge is -2.10. The molecule has 2 aromatic carbocycles. The first-order valence-corrected chi connectivity index (χ1v) is 25.3. The van der Waals surface area contributed by atoms with Gasteiger partial charge in [0, 0.05) is 34.7 Å². The summed E-state index contributed by atoms with van der Waals surface area (Å²) in [7, 11) is 6.48. The van der Waals surface area contributed by atoms with Crippen molar-refractivity contribution in [2.45, 2.75) is 53.4 Å². The summed E-state index contributed by atoms with van der Waals surface area (Å²) in [6.45, 7) is 8.28. The molecule has 0 aliphatic heterocycles. The number of hydrogen-bond donors (Lipinski definition) is 1. The smallest absolute Gasteiger partial charge is 0.339 e. The summed E-state index contributed by atoms with van der Waals surface area (Å²) >= 11 is 23.2. The van der Waals surface area contributed by atoms with Gasteiger partial charge in [-0.25, -0.2) is 24.9 Å². The van der Waals surface area contributed by atoms with Gasteiger partial charge in [0.15, 0.2) is 28.2 Å². The van der Waals surface area contributed by atoms with E-state index in [-0.39, 0.29) is 5.56 Å². The summed E-state index contributed by atoms with van der Waals surface area (Å²) in [5.41, 5.74) is 7.28. The molecule has 8 aromatic rings. The molecule has 320 valence electrons. The molecule has 0 saturated carbocycles. The topological polar surface area (TPSA) is 151 Å². The van der Waals surface area contributed by atoms with Crippen molar-refractivity contribution in [1.82, 2.24) is 29.9 Å². The Morgan fingerprint density at radius 3 is 1.56 bits per heavy atom. The van der Waals surface area contributed by atoms with E-state index in [1.54, 1.807) is 28.4 Å². The number of halogens is 4. The number of aromatic nitrogens is 6. The van der Waals surface area contributed by atoms with Crippen molar-refractivity contribution in [2.24, 2.45) is 0 Å². The summed E-state index contributed by atoms with van der Waals surface area (Å²) in [5.74, 6) is 4.19. The Morgan fingerprint density at radius 2 is 1.10 bits per heavy atom. The van der Waals surface area contributed by atoms with Gasteiger partial charge in [-0.2, -0.15) is 0 Å². The number of hydrogen-bond acceptors (Lipinski definition) is 13. The Bertz CT molecular complexity index is 3000. The fourth-order valence-corrected chi connectivity index (χ4v) is 9.14. The number of pyridine rings is 2. The number of rotatable bonds is 10. The average Bonchev–Trinajstić information content (AvgIpc) is 3.80. The number of nitrogens with one attached hydrogen (secondary N) is 1. The van der Waals surface area contributed by atoms with Gasteiger partial charge in [-0.15, -0.1) is 22.7 Å². The Morgan fingerprint density at radius 1 is 0.639 bits per heavy atom. The normalized spacial score (nSPS) is 11.3. The minimum absolute atomic E-state index is 0.0940. The van der Waals surface area contributed by atoms with Crippen LogP contribution in [0.1, 0.15) is 49.5 Å². The van der Waals surface area contributed by atoms with E-state index >= 15 is 0 Å². The molecule has 0 atom stereocenters. The van der Waals surface area contributed by atoms with Crippen LogP contribution in [0, 0.1) is 13.8 Å². The van der Waals surface area contributed by atoms with Crippen LogP contribution < -0.4 is 24.5 Å². The van der Waals surface area contributed by atoms with Crippen molar-refractivity contribution in [3.8, 4) is 45.5 Å². The molecule has 0 fully saturated rings. The van der Waals surface area contributed by atoms with Crippen molar-refractivity contribution in [2.75, 3.05) is 28.4 Å². The zero-order valence-corrected chi connectivity index (χ0v) is 40.0. The largest absolute Gasteiger partial charge is 0.493 e. The number of H-pyrrole nitrogens is 1. The highest BCUT2D eigenvalue weighted by atomic mass is 36.0. The zero-order valence-electron chi connectivity index (χ0n) is 34.4. The number of methoxy groups -OCH3 is 4. The molecule has 0 aliphatic carbocycles. The Kier molecular flexibility index (Phi) is 15.0. The molecule has 12 nitrogen and oxygen atoms in total. The average molecular weight is 963 g/mol. The number of fused-ring (bicyclic) bond motifs is 6. The molecule has 0 saturated heterocycles. The first-order valence-electron chi connectivity index (χ1n) is 18.8. The second-order valence-electron chi connectivity index (χ2n) is 13.6. The van der Waals surface area contributed by atoms with Crippen molar-refractivity contribution >= 4 is 114 Å². The maximum Gasteiger partial charge on any atom is 0.339 e. The van der Waals surface area contributed by atoms with Crippen molar-refractivity contribution < 1.29 is 23.5 Å². The van der Waals surface area contributed by atoms with Crippen LogP contribution in [0.4, 0.5) is 0 Å². The van der Waals surface area contributed by atoms with Crippen LogP contribution in [-0.4, -0.2) is 58.3 Å². The minimum Gasteiger partial charge on any atom is -0.493 e. The van der Waals surface area contributed by atoms with Gasteiger partial charge >= 0.3 is 5.20 Å². The molecule has 0 amide bonds. The maximum absolute atomic E-state index is 12.5. The molecule has 0 radical (unpaired) electrons. The van der Waals surface area contributed by atoms with E-state index in [4.69, 9.17) is 50.5 Å². The fourth-order valence-electron chi connectivity index (χ4n) is 6.68. The lowest BCUT2D eigenvalue weighted by Crippen LogP contribution is -2.10. The number of aryl methyl sites for hydroxylation is 4. The molecule has 19 heteroatoms. The van der Waals surface area contributed by atoms with Gasteiger partial charge in [-0.05, 0) is 120 Å². The molecule has 0 bridgehead atoms. The van der Waals surface area contributed by atoms with E-state index in [9.17, 15) is 9.36 Å². The van der Waals surface area contributed by atoms with Gasteiger partial charge in [0.25, 0.3) is 5.56 Å². The van der Waals surface area contributed by atoms with Crippen molar-refractivity contribution in [3.63, 3.8) is 0 Å². The molecule has 0 spiro atoms. The van der Waals surface area contributed by atoms with Crippen LogP contribution in [0.3, 0.4) is 0 Å². The predicted octanol–water partition coefficient (Wildman–Crippen LogP) is 13.1. The third-order valence-electron chi connectivity index (χ3n) is 9.35. The Hall–Kier alpha value is -4.27. The van der Waals surface area contributed by atoms with E-state index in [2.05, 4.69) is 70.5 Å². The van der Waals surface area contributed by atoms with Gasteiger partial charge in [0.1, 0.15) is 26.0 Å². The number of aromatic amines is 1. The summed E-state index contributed by atoms with van der Waals surface area (Å²) in [6, 6.07) is 15.6. The van der Waals surface area contributed by atoms with E-state index in [1.807, 2.05) is 49.4 Å². The summed E-state index contributed by atoms with van der Waals surface area (Å²) in [6.07, 6.45) is 3.46. The lowest BCUT2D eigenvalue weighted by molar-refractivity contribution is 0.355. The van der Waals surface area contributed by atoms with E-state index in [0.717, 1.165) is 107 Å². The number of nitrogens with zero attached hydrogens (tertiary/aromatic N) is 5. The molecule has 1 N–H and O–H groups in total. The van der Waals surface area contributed by atoms with Crippen LogP contribution in [0.5, 0.6) is 23.0 Å². The van der Waals surface area contributed by atoms with E-state index < -0.39 is 5.20 Å². The van der Waals surface area contributed by atoms with Crippen LogP contribution in [-0.2, 0) is 17.4 Å². The highest BCUT2D eigenvalue weighted by molar-refractivity contribution is 8.24. The standard InChI is InChI=1S/C21H20ClN3O2S.C21H21N3O3S.Cl3OP/c1-5-6-16-24-18-17-11(2)9-13(23-21(17)28-19(18)20(22)25-16)12-7-8-14(26-3)15(10-12)27-4;1-5-6-16-23-18-17-11(2)9-13(22-21(17)28-19(18)20(25)24-16)12-7-8-14(26-3)15(10-12)27-4;1-5(2,3)4/h7-10H,5-6H2,1-4H3;7-10H,5-6H2,1-4H3,(H,23,24,25);. The summed E-state index contributed by atoms with van der Waals surface area (Å²) in [5, 5.41) is -0.720. The second-order valence-corrected chi connectivity index (χ2v) is 22.5. The molecule has 8 rings (SSSR count). The van der Waals surface area contributed by atoms with Gasteiger partial charge < -0.3 is 23.9 Å². The summed E-state index contributed by atoms with van der Waals surface area (Å²) in [4.78, 5) is 40.8. The lowest BCUT2D eigenvalue weighted by atomic mass is 10.1. The van der Waals surface area contributed by atoms with Gasteiger partial charge in [-0.3, -0.25) is 9.36 Å². The number of ether oxygens (including phenoxy) is 4. The number of benzene rings is 2. The monoisotopic (exact) mass is 960 g/mol. The third-order valence-corrected chi connectivity index (χ3v) is 11.9. The fraction of sp³-hybridized carbons (Fsp3) is 0.286. The van der Waals surface area contributed by atoms with Gasteiger partial charge in [0.05, 0.1) is 55.6 Å². The second kappa shape index (κ2) is 19.8. The Balaban J connectivity index is 0.000000184. The molecule has 6 aromatic heterocycles. The zero-order chi connectivity index (χ0) is 44.2. The van der Waals surface area contributed by atoms with Gasteiger partial charge in [0.2, 0.25) is 0 Å². The Labute approximate surface area is 379 Å². The van der Waals surface area contributed by atoms with Crippen LogP contribution in [0.15, 0.2) is 53.3 Å². The van der Waals surface area contributed by atoms with Crippen molar-refractivity contribution in [3.05, 3.63) is 86.8 Å². The number of thiophene rings is 2. The van der Waals surface area contributed by atoms with E-state index in [1.165, 1.54) is 22.7 Å². The summed E-state index contributed by atoms with van der Waals surface area (Å²) < 4.78 is 32.5. The molecule has 61 heavy (non-hydrogen) atoms. The first kappa shape index (κ1) is 46.2. The molecular weight excluding hydrogens is 921 g/mol. The highest BCUT2D eigenvalue weighted by Crippen LogP contribution is 2.61. The van der Waals surface area contributed by atoms with Crippen LogP contribution >= 0.6 is 73.2 Å².